The van der Waals surface area contributed by atoms with Crippen LogP contribution in [0.1, 0.15) is 27.0 Å². The summed E-state index contributed by atoms with van der Waals surface area (Å²) in [7, 11) is 1.65. The maximum atomic E-state index is 12.5. The van der Waals surface area contributed by atoms with Crippen LogP contribution in [0.15, 0.2) is 60.8 Å². The van der Waals surface area contributed by atoms with Gasteiger partial charge >= 0.3 is 0 Å². The number of hydrogen-bond donors (Lipinski definition) is 2. The third kappa shape index (κ3) is 4.88. The summed E-state index contributed by atoms with van der Waals surface area (Å²) in [6.45, 7) is 4.67. The van der Waals surface area contributed by atoms with Crippen LogP contribution in [-0.4, -0.2) is 24.5 Å². The molecule has 0 bridgehead atoms. The largest absolute Gasteiger partial charge is 0.496 e. The van der Waals surface area contributed by atoms with Crippen molar-refractivity contribution < 1.29 is 9.53 Å². The SMILES string of the molecule is COc1ccccc1CCNC(=O)c1ccnc(Nc2ccc(C)c(C)c2)c1. The number of pyridine rings is 1. The number of carbonyl (C=O) groups excluding carboxylic acids is 1. The van der Waals surface area contributed by atoms with Crippen LogP contribution >= 0.6 is 0 Å². The number of aromatic nitrogens is 1. The summed E-state index contributed by atoms with van der Waals surface area (Å²) >= 11 is 0. The van der Waals surface area contributed by atoms with E-state index in [-0.39, 0.29) is 5.91 Å². The Kier molecular flexibility index (Phi) is 6.27. The Morgan fingerprint density at radius 2 is 1.86 bits per heavy atom. The lowest BCUT2D eigenvalue weighted by atomic mass is 10.1. The second kappa shape index (κ2) is 9.04. The fourth-order valence-corrected chi connectivity index (χ4v) is 2.93. The summed E-state index contributed by atoms with van der Waals surface area (Å²) in [6, 6.07) is 17.4. The number of anilines is 2. The molecule has 3 rings (SSSR count). The molecule has 0 saturated carbocycles. The van der Waals surface area contributed by atoms with Gasteiger partial charge in [0.1, 0.15) is 11.6 Å². The quantitative estimate of drug-likeness (QED) is 0.641. The van der Waals surface area contributed by atoms with Crippen molar-refractivity contribution >= 4 is 17.4 Å². The lowest BCUT2D eigenvalue weighted by molar-refractivity contribution is 0.0954. The number of rotatable bonds is 7. The molecule has 0 saturated heterocycles. The van der Waals surface area contributed by atoms with E-state index in [0.29, 0.717) is 24.3 Å². The van der Waals surface area contributed by atoms with E-state index in [0.717, 1.165) is 17.0 Å². The molecule has 0 unspecified atom stereocenters. The van der Waals surface area contributed by atoms with Gasteiger partial charge in [-0.2, -0.15) is 0 Å². The van der Waals surface area contributed by atoms with Gasteiger partial charge in [0, 0.05) is 24.0 Å². The van der Waals surface area contributed by atoms with Gasteiger partial charge in [-0.1, -0.05) is 24.3 Å². The maximum Gasteiger partial charge on any atom is 0.251 e. The number of nitrogens with zero attached hydrogens (tertiary/aromatic N) is 1. The summed E-state index contributed by atoms with van der Waals surface area (Å²) in [5.74, 6) is 1.35. The van der Waals surface area contributed by atoms with Gasteiger partial charge < -0.3 is 15.4 Å². The summed E-state index contributed by atoms with van der Waals surface area (Å²) in [5.41, 5.74) is 5.03. The van der Waals surface area contributed by atoms with Gasteiger partial charge in [0.15, 0.2) is 0 Å². The first-order chi connectivity index (χ1) is 13.6. The normalized spacial score (nSPS) is 10.4. The number of methoxy groups -OCH3 is 1. The molecule has 2 N–H and O–H groups in total. The number of carbonyl (C=O) groups is 1. The predicted molar refractivity (Wildman–Crippen MR) is 112 cm³/mol. The first-order valence-electron chi connectivity index (χ1n) is 9.27. The molecule has 0 aliphatic rings. The highest BCUT2D eigenvalue weighted by Gasteiger charge is 2.08. The highest BCUT2D eigenvalue weighted by atomic mass is 16.5. The lowest BCUT2D eigenvalue weighted by Crippen LogP contribution is -2.25. The van der Waals surface area contributed by atoms with E-state index < -0.39 is 0 Å². The van der Waals surface area contributed by atoms with E-state index in [1.54, 1.807) is 25.4 Å². The monoisotopic (exact) mass is 375 g/mol. The van der Waals surface area contributed by atoms with Crippen molar-refractivity contribution in [3.8, 4) is 5.75 Å². The molecular formula is C23H25N3O2. The summed E-state index contributed by atoms with van der Waals surface area (Å²) in [5, 5.41) is 6.21. The number of hydrogen-bond acceptors (Lipinski definition) is 4. The minimum absolute atomic E-state index is 0.125. The molecule has 5 nitrogen and oxygen atoms in total. The van der Waals surface area contributed by atoms with Gasteiger partial charge in [0.2, 0.25) is 0 Å². The highest BCUT2D eigenvalue weighted by molar-refractivity contribution is 5.94. The number of amides is 1. The van der Waals surface area contributed by atoms with E-state index in [2.05, 4.69) is 41.6 Å². The zero-order valence-electron chi connectivity index (χ0n) is 16.5. The minimum atomic E-state index is -0.125. The predicted octanol–water partition coefficient (Wildman–Crippen LogP) is 4.42. The number of para-hydroxylation sites is 1. The summed E-state index contributed by atoms with van der Waals surface area (Å²) < 4.78 is 5.35. The molecule has 0 aliphatic heterocycles. The van der Waals surface area contributed by atoms with Crippen LogP contribution in [0.3, 0.4) is 0 Å². The molecule has 0 atom stereocenters. The lowest BCUT2D eigenvalue weighted by Gasteiger charge is -2.11. The number of aryl methyl sites for hydroxylation is 2. The standard InChI is InChI=1S/C23H25N3O2/c1-16-8-9-20(14-17(16)2)26-22-15-19(11-12-24-22)23(27)25-13-10-18-6-4-5-7-21(18)28-3/h4-9,11-12,14-15H,10,13H2,1-3H3,(H,24,26)(H,25,27). The fourth-order valence-electron chi connectivity index (χ4n) is 2.93. The van der Waals surface area contributed by atoms with Crippen LogP contribution in [0.4, 0.5) is 11.5 Å². The molecule has 5 heteroatoms. The van der Waals surface area contributed by atoms with Crippen LogP contribution in [0.25, 0.3) is 0 Å². The molecule has 0 radical (unpaired) electrons. The number of benzene rings is 2. The molecule has 144 valence electrons. The molecule has 0 fully saturated rings. The Balaban J connectivity index is 1.61. The smallest absolute Gasteiger partial charge is 0.251 e. The average Bonchev–Trinajstić information content (AvgIpc) is 2.71. The van der Waals surface area contributed by atoms with Crippen molar-refractivity contribution in [2.75, 3.05) is 19.0 Å². The van der Waals surface area contributed by atoms with Gasteiger partial charge in [0.25, 0.3) is 5.91 Å². The van der Waals surface area contributed by atoms with Gasteiger partial charge in [-0.25, -0.2) is 4.98 Å². The van der Waals surface area contributed by atoms with Crippen molar-refractivity contribution in [3.05, 3.63) is 83.0 Å². The molecule has 1 heterocycles. The van der Waals surface area contributed by atoms with Gasteiger partial charge in [-0.15, -0.1) is 0 Å². The van der Waals surface area contributed by atoms with E-state index in [1.807, 2.05) is 30.3 Å². The van der Waals surface area contributed by atoms with Gasteiger partial charge in [-0.3, -0.25) is 4.79 Å². The van der Waals surface area contributed by atoms with Crippen molar-refractivity contribution in [1.29, 1.82) is 0 Å². The van der Waals surface area contributed by atoms with Crippen LogP contribution in [0.2, 0.25) is 0 Å². The van der Waals surface area contributed by atoms with Crippen molar-refractivity contribution in [2.24, 2.45) is 0 Å². The Hall–Kier alpha value is -3.34. The second-order valence-corrected chi connectivity index (χ2v) is 6.67. The van der Waals surface area contributed by atoms with E-state index in [4.69, 9.17) is 4.74 Å². The fraction of sp³-hybridized carbons (Fsp3) is 0.217. The van der Waals surface area contributed by atoms with Crippen molar-refractivity contribution in [3.63, 3.8) is 0 Å². The Bertz CT molecular complexity index is 970. The van der Waals surface area contributed by atoms with Crippen LogP contribution in [-0.2, 0) is 6.42 Å². The average molecular weight is 375 g/mol. The molecule has 3 aromatic rings. The van der Waals surface area contributed by atoms with Gasteiger partial charge in [0.05, 0.1) is 7.11 Å². The zero-order chi connectivity index (χ0) is 19.9. The van der Waals surface area contributed by atoms with E-state index >= 15 is 0 Å². The molecule has 1 amide bonds. The third-order valence-corrected chi connectivity index (χ3v) is 4.67. The second-order valence-electron chi connectivity index (χ2n) is 6.67. The molecule has 2 aromatic carbocycles. The van der Waals surface area contributed by atoms with E-state index in [1.165, 1.54) is 11.1 Å². The third-order valence-electron chi connectivity index (χ3n) is 4.67. The molecular weight excluding hydrogens is 350 g/mol. The first kappa shape index (κ1) is 19.4. The summed E-state index contributed by atoms with van der Waals surface area (Å²) in [6.07, 6.45) is 2.34. The van der Waals surface area contributed by atoms with Crippen molar-refractivity contribution in [1.82, 2.24) is 10.3 Å². The maximum absolute atomic E-state index is 12.5. The first-order valence-corrected chi connectivity index (χ1v) is 9.27. The Morgan fingerprint density at radius 1 is 1.04 bits per heavy atom. The van der Waals surface area contributed by atoms with Crippen LogP contribution in [0, 0.1) is 13.8 Å². The van der Waals surface area contributed by atoms with Crippen LogP contribution < -0.4 is 15.4 Å². The van der Waals surface area contributed by atoms with Gasteiger partial charge in [-0.05, 0) is 67.3 Å². The molecule has 1 aromatic heterocycles. The Labute approximate surface area is 165 Å². The number of ether oxygens (including phenoxy) is 1. The molecule has 28 heavy (non-hydrogen) atoms. The zero-order valence-corrected chi connectivity index (χ0v) is 16.5. The highest BCUT2D eigenvalue weighted by Crippen LogP contribution is 2.19. The molecule has 0 spiro atoms. The summed E-state index contributed by atoms with van der Waals surface area (Å²) in [4.78, 5) is 16.8. The number of nitrogens with one attached hydrogen (secondary N) is 2. The minimum Gasteiger partial charge on any atom is -0.496 e. The van der Waals surface area contributed by atoms with Crippen molar-refractivity contribution in [2.45, 2.75) is 20.3 Å². The Morgan fingerprint density at radius 3 is 2.64 bits per heavy atom. The van der Waals surface area contributed by atoms with Crippen LogP contribution in [0.5, 0.6) is 5.75 Å². The topological polar surface area (TPSA) is 63.2 Å². The van der Waals surface area contributed by atoms with E-state index in [9.17, 15) is 4.79 Å². The molecule has 0 aliphatic carbocycles.